The van der Waals surface area contributed by atoms with Gasteiger partial charge in [-0.1, -0.05) is 0 Å². The van der Waals surface area contributed by atoms with Crippen molar-refractivity contribution in [2.75, 3.05) is 14.1 Å². The Morgan fingerprint density at radius 1 is 1.42 bits per heavy atom. The molecule has 2 amide bonds. The van der Waals surface area contributed by atoms with E-state index in [1.54, 1.807) is 14.1 Å². The summed E-state index contributed by atoms with van der Waals surface area (Å²) in [7, 11) is 3.20. The fourth-order valence-electron chi connectivity index (χ4n) is 2.01. The standard InChI is InChI=1S/C11H11N5O3/c1-15(2)11(19)6-3-7-13-8-5(4-12-9(8)17)10(18)16(7)14-6/h3,13H,4H2,1-2H3,(H,12,17). The molecule has 0 bridgehead atoms. The maximum Gasteiger partial charge on any atom is 0.280 e. The van der Waals surface area contributed by atoms with E-state index in [1.165, 1.54) is 11.0 Å². The molecule has 0 aliphatic carbocycles. The predicted molar refractivity (Wildman–Crippen MR) is 65.0 cm³/mol. The third-order valence-corrected chi connectivity index (χ3v) is 2.99. The van der Waals surface area contributed by atoms with E-state index in [4.69, 9.17) is 0 Å². The Hall–Kier alpha value is -2.64. The molecule has 2 N–H and O–H groups in total. The van der Waals surface area contributed by atoms with Gasteiger partial charge < -0.3 is 15.2 Å². The number of fused-ring (bicyclic) bond motifs is 2. The van der Waals surface area contributed by atoms with Crippen molar-refractivity contribution in [1.82, 2.24) is 24.8 Å². The van der Waals surface area contributed by atoms with E-state index < -0.39 is 0 Å². The molecule has 1 aliphatic rings. The maximum atomic E-state index is 12.1. The van der Waals surface area contributed by atoms with Gasteiger partial charge in [-0.3, -0.25) is 14.4 Å². The molecule has 0 atom stereocenters. The van der Waals surface area contributed by atoms with Crippen molar-refractivity contribution in [1.29, 1.82) is 0 Å². The summed E-state index contributed by atoms with van der Waals surface area (Å²) < 4.78 is 1.11. The van der Waals surface area contributed by atoms with E-state index in [0.717, 1.165) is 4.52 Å². The zero-order chi connectivity index (χ0) is 13.7. The van der Waals surface area contributed by atoms with E-state index in [1.807, 2.05) is 0 Å². The van der Waals surface area contributed by atoms with Crippen molar-refractivity contribution in [3.63, 3.8) is 0 Å². The molecule has 0 fully saturated rings. The van der Waals surface area contributed by atoms with Crippen LogP contribution in [0.15, 0.2) is 10.9 Å². The minimum Gasteiger partial charge on any atom is -0.346 e. The zero-order valence-corrected chi connectivity index (χ0v) is 10.4. The highest BCUT2D eigenvalue weighted by molar-refractivity contribution is 5.97. The van der Waals surface area contributed by atoms with Crippen LogP contribution >= 0.6 is 0 Å². The van der Waals surface area contributed by atoms with Gasteiger partial charge in [-0.25, -0.2) is 0 Å². The average Bonchev–Trinajstić information content (AvgIpc) is 2.94. The van der Waals surface area contributed by atoms with Crippen molar-refractivity contribution in [3.8, 4) is 0 Å². The Kier molecular flexibility index (Phi) is 2.21. The van der Waals surface area contributed by atoms with Crippen molar-refractivity contribution < 1.29 is 9.59 Å². The van der Waals surface area contributed by atoms with Crippen LogP contribution in [0.3, 0.4) is 0 Å². The van der Waals surface area contributed by atoms with Gasteiger partial charge in [-0.15, -0.1) is 0 Å². The molecule has 2 aromatic rings. The molecule has 0 spiro atoms. The Labute approximate surface area is 107 Å². The fourth-order valence-corrected chi connectivity index (χ4v) is 2.01. The van der Waals surface area contributed by atoms with Crippen LogP contribution in [0.1, 0.15) is 26.5 Å². The Morgan fingerprint density at radius 3 is 2.84 bits per heavy atom. The fraction of sp³-hybridized carbons (Fsp3) is 0.273. The number of rotatable bonds is 1. The number of nitrogens with zero attached hydrogens (tertiary/aromatic N) is 3. The van der Waals surface area contributed by atoms with Crippen molar-refractivity contribution >= 4 is 17.5 Å². The summed E-state index contributed by atoms with van der Waals surface area (Å²) in [5, 5.41) is 6.54. The molecule has 3 rings (SSSR count). The normalized spacial score (nSPS) is 13.5. The molecular formula is C11H11N5O3. The Balaban J connectivity index is 2.26. The molecule has 0 saturated heterocycles. The van der Waals surface area contributed by atoms with Gasteiger partial charge in [0.2, 0.25) is 0 Å². The van der Waals surface area contributed by atoms with Crippen molar-refractivity contribution in [2.45, 2.75) is 6.54 Å². The smallest absolute Gasteiger partial charge is 0.280 e. The van der Waals surface area contributed by atoms with Crippen LogP contribution in [0.4, 0.5) is 0 Å². The lowest BCUT2D eigenvalue weighted by Gasteiger charge is -2.05. The number of carbonyl (C=O) groups excluding carboxylic acids is 2. The largest absolute Gasteiger partial charge is 0.346 e. The second-order valence-electron chi connectivity index (χ2n) is 4.49. The van der Waals surface area contributed by atoms with Crippen LogP contribution in [0, 0.1) is 0 Å². The highest BCUT2D eigenvalue weighted by Gasteiger charge is 2.25. The first-order valence-corrected chi connectivity index (χ1v) is 5.64. The molecular weight excluding hydrogens is 250 g/mol. The molecule has 8 nitrogen and oxygen atoms in total. The molecule has 1 aliphatic heterocycles. The number of hydrogen-bond donors (Lipinski definition) is 2. The van der Waals surface area contributed by atoms with Crippen molar-refractivity contribution in [2.24, 2.45) is 0 Å². The molecule has 0 unspecified atom stereocenters. The molecule has 0 saturated carbocycles. The second kappa shape index (κ2) is 3.67. The van der Waals surface area contributed by atoms with E-state index in [2.05, 4.69) is 15.4 Å². The molecule has 2 aromatic heterocycles. The number of nitrogens with one attached hydrogen (secondary N) is 2. The SMILES string of the molecule is CN(C)C(=O)c1cc2[nH]c3c(c(=O)n2n1)CNC3=O. The number of amides is 2. The lowest BCUT2D eigenvalue weighted by Crippen LogP contribution is -2.24. The number of aromatic nitrogens is 3. The maximum absolute atomic E-state index is 12.1. The number of H-pyrrole nitrogens is 1. The molecule has 8 heteroatoms. The zero-order valence-electron chi connectivity index (χ0n) is 10.4. The summed E-state index contributed by atoms with van der Waals surface area (Å²) in [6.45, 7) is 0.177. The van der Waals surface area contributed by atoms with Crippen molar-refractivity contribution in [3.05, 3.63) is 33.4 Å². The summed E-state index contributed by atoms with van der Waals surface area (Å²) in [4.78, 5) is 39.7. The van der Waals surface area contributed by atoms with Crippen LogP contribution in [-0.2, 0) is 6.54 Å². The van der Waals surface area contributed by atoms with E-state index in [0.29, 0.717) is 11.2 Å². The van der Waals surface area contributed by atoms with Crippen LogP contribution in [-0.4, -0.2) is 45.4 Å². The first-order valence-electron chi connectivity index (χ1n) is 5.64. The second-order valence-corrected chi connectivity index (χ2v) is 4.49. The van der Waals surface area contributed by atoms with E-state index in [-0.39, 0.29) is 35.3 Å². The summed E-state index contributed by atoms with van der Waals surface area (Å²) in [6.07, 6.45) is 0. The molecule has 0 radical (unpaired) electrons. The van der Waals surface area contributed by atoms with E-state index >= 15 is 0 Å². The first kappa shape index (κ1) is 11.5. The van der Waals surface area contributed by atoms with E-state index in [9.17, 15) is 14.4 Å². The monoisotopic (exact) mass is 261 g/mol. The van der Waals surface area contributed by atoms with Gasteiger partial charge in [0.15, 0.2) is 5.69 Å². The average molecular weight is 261 g/mol. The van der Waals surface area contributed by atoms with Crippen LogP contribution in [0.25, 0.3) is 5.65 Å². The van der Waals surface area contributed by atoms with Gasteiger partial charge in [0.05, 0.1) is 12.1 Å². The lowest BCUT2D eigenvalue weighted by atomic mass is 10.2. The van der Waals surface area contributed by atoms with Crippen LogP contribution < -0.4 is 10.9 Å². The number of hydrogen-bond acceptors (Lipinski definition) is 4. The van der Waals surface area contributed by atoms with Gasteiger partial charge in [0.1, 0.15) is 11.3 Å². The third-order valence-electron chi connectivity index (χ3n) is 2.99. The van der Waals surface area contributed by atoms with Gasteiger partial charge in [-0.2, -0.15) is 9.61 Å². The predicted octanol–water partition coefficient (Wildman–Crippen LogP) is -1.03. The topological polar surface area (TPSA) is 99.6 Å². The minimum atomic E-state index is -0.389. The summed E-state index contributed by atoms with van der Waals surface area (Å²) >= 11 is 0. The summed E-state index contributed by atoms with van der Waals surface area (Å²) in [6, 6.07) is 1.45. The summed E-state index contributed by atoms with van der Waals surface area (Å²) in [5.74, 6) is -0.627. The number of carbonyl (C=O) groups is 2. The van der Waals surface area contributed by atoms with Gasteiger partial charge >= 0.3 is 0 Å². The highest BCUT2D eigenvalue weighted by atomic mass is 16.2. The minimum absolute atomic E-state index is 0.155. The molecule has 98 valence electrons. The van der Waals surface area contributed by atoms with Crippen LogP contribution in [0.5, 0.6) is 0 Å². The van der Waals surface area contributed by atoms with Gasteiger partial charge in [0.25, 0.3) is 17.4 Å². The first-order chi connectivity index (χ1) is 8.99. The van der Waals surface area contributed by atoms with Crippen LogP contribution in [0.2, 0.25) is 0 Å². The molecule has 0 aromatic carbocycles. The Morgan fingerprint density at radius 2 is 2.16 bits per heavy atom. The highest BCUT2D eigenvalue weighted by Crippen LogP contribution is 2.11. The third kappa shape index (κ3) is 1.53. The van der Waals surface area contributed by atoms with Gasteiger partial charge in [-0.05, 0) is 0 Å². The quantitative estimate of drug-likeness (QED) is 0.685. The Bertz CT molecular complexity index is 770. The summed E-state index contributed by atoms with van der Waals surface area (Å²) in [5.41, 5.74) is 0.666. The molecule has 3 heterocycles. The lowest BCUT2D eigenvalue weighted by molar-refractivity contribution is 0.0821. The van der Waals surface area contributed by atoms with Gasteiger partial charge in [0, 0.05) is 20.2 Å². The molecule has 19 heavy (non-hydrogen) atoms. The number of aromatic amines is 1.